The highest BCUT2D eigenvalue weighted by atomic mass is 127. The fraction of sp³-hybridized carbons (Fsp3) is 0.480. The molecule has 3 rings (SSSR count). The number of anilines is 1. The molecule has 3 N–H and O–H groups in total. The van der Waals surface area contributed by atoms with Crippen LogP contribution in [0.2, 0.25) is 0 Å². The van der Waals surface area contributed by atoms with Crippen molar-refractivity contribution in [3.63, 3.8) is 0 Å². The van der Waals surface area contributed by atoms with Gasteiger partial charge in [-0.2, -0.15) is 0 Å². The number of nitrogens with one attached hydrogen (secondary N) is 2. The second kappa shape index (κ2) is 15.1. The lowest BCUT2D eigenvalue weighted by Gasteiger charge is -2.32. The van der Waals surface area contributed by atoms with E-state index in [-0.39, 0.29) is 24.0 Å². The number of aliphatic hydroxyl groups excluding tert-OH is 1. The predicted molar refractivity (Wildman–Crippen MR) is 143 cm³/mol. The first-order chi connectivity index (χ1) is 15.3. The van der Waals surface area contributed by atoms with E-state index in [0.29, 0.717) is 38.8 Å². The molecule has 0 saturated carbocycles. The molecule has 176 valence electrons. The number of nitrogens with zero attached hydrogens (tertiary/aromatic N) is 2. The molecule has 1 heterocycles. The third-order valence-corrected chi connectivity index (χ3v) is 5.59. The molecule has 2 aromatic carbocycles. The Labute approximate surface area is 209 Å². The van der Waals surface area contributed by atoms with Crippen LogP contribution in [0.25, 0.3) is 0 Å². The van der Waals surface area contributed by atoms with Gasteiger partial charge < -0.3 is 25.4 Å². The van der Waals surface area contributed by atoms with Crippen LogP contribution in [0.3, 0.4) is 0 Å². The fourth-order valence-corrected chi connectivity index (χ4v) is 3.70. The molecule has 32 heavy (non-hydrogen) atoms. The molecule has 0 amide bonds. The summed E-state index contributed by atoms with van der Waals surface area (Å²) in [5, 5.41) is 15.9. The highest BCUT2D eigenvalue weighted by molar-refractivity contribution is 14.0. The van der Waals surface area contributed by atoms with Crippen molar-refractivity contribution in [3.05, 3.63) is 65.7 Å². The zero-order chi connectivity index (χ0) is 21.7. The molecule has 7 heteroatoms. The van der Waals surface area contributed by atoms with Crippen LogP contribution in [-0.4, -0.2) is 50.5 Å². The van der Waals surface area contributed by atoms with Crippen LogP contribution in [0, 0.1) is 5.92 Å². The van der Waals surface area contributed by atoms with E-state index < -0.39 is 0 Å². The molecule has 1 aliphatic rings. The summed E-state index contributed by atoms with van der Waals surface area (Å²) in [4.78, 5) is 7.10. The van der Waals surface area contributed by atoms with Crippen LogP contribution >= 0.6 is 24.0 Å². The maximum absolute atomic E-state index is 9.31. The van der Waals surface area contributed by atoms with Crippen molar-refractivity contribution in [1.82, 2.24) is 10.6 Å². The van der Waals surface area contributed by atoms with E-state index in [9.17, 15) is 5.11 Å². The summed E-state index contributed by atoms with van der Waals surface area (Å²) in [5.74, 6) is 1.27. The van der Waals surface area contributed by atoms with Gasteiger partial charge in [-0.1, -0.05) is 42.5 Å². The molecule has 6 nitrogen and oxygen atoms in total. The van der Waals surface area contributed by atoms with Gasteiger partial charge in [-0.3, -0.25) is 0 Å². The van der Waals surface area contributed by atoms with Crippen molar-refractivity contribution < 1.29 is 9.84 Å². The molecule has 0 spiro atoms. The standard InChI is InChI=1S/C25H36N4O2.HI/c1-2-26-25(27-14-17-31-20-23-6-4-3-5-7-23)28-18-21-8-10-24(11-9-21)29-15-12-22(19-30)13-16-29;/h3-11,22,30H,2,12-20H2,1H3,(H2,26,27,28);1H. The topological polar surface area (TPSA) is 69.1 Å². The van der Waals surface area contributed by atoms with Crippen LogP contribution in [0.1, 0.15) is 30.9 Å². The summed E-state index contributed by atoms with van der Waals surface area (Å²) in [5.41, 5.74) is 3.63. The van der Waals surface area contributed by atoms with E-state index in [4.69, 9.17) is 9.73 Å². The first-order valence-corrected chi connectivity index (χ1v) is 11.4. The average Bonchev–Trinajstić information content (AvgIpc) is 2.83. The van der Waals surface area contributed by atoms with E-state index >= 15 is 0 Å². The molecule has 0 unspecified atom stereocenters. The zero-order valence-electron chi connectivity index (χ0n) is 19.0. The summed E-state index contributed by atoms with van der Waals surface area (Å²) < 4.78 is 5.73. The van der Waals surface area contributed by atoms with Gasteiger partial charge in [-0.25, -0.2) is 4.99 Å². The average molecular weight is 553 g/mol. The number of rotatable bonds is 10. The Balaban J connectivity index is 0.00000363. The maximum atomic E-state index is 9.31. The third kappa shape index (κ3) is 8.96. The second-order valence-electron chi connectivity index (χ2n) is 7.94. The molecule has 1 saturated heterocycles. The van der Waals surface area contributed by atoms with Gasteiger partial charge in [0.05, 0.1) is 19.8 Å². The van der Waals surface area contributed by atoms with E-state index in [1.165, 1.54) is 16.8 Å². The Morgan fingerprint density at radius 1 is 1.03 bits per heavy atom. The van der Waals surface area contributed by atoms with Crippen LogP contribution < -0.4 is 15.5 Å². The minimum Gasteiger partial charge on any atom is -0.396 e. The van der Waals surface area contributed by atoms with Gasteiger partial charge in [0.1, 0.15) is 0 Å². The number of aliphatic imine (C=N–C) groups is 1. The molecule has 1 aliphatic heterocycles. The molecule has 0 aliphatic carbocycles. The van der Waals surface area contributed by atoms with Crippen molar-refractivity contribution in [2.75, 3.05) is 44.3 Å². The monoisotopic (exact) mass is 552 g/mol. The summed E-state index contributed by atoms with van der Waals surface area (Å²) in [6, 6.07) is 18.9. The Hall–Kier alpha value is -1.84. The Morgan fingerprint density at radius 2 is 1.75 bits per heavy atom. The number of piperidine rings is 1. The van der Waals surface area contributed by atoms with E-state index in [0.717, 1.165) is 38.4 Å². The van der Waals surface area contributed by atoms with Crippen molar-refractivity contribution in [2.24, 2.45) is 10.9 Å². The molecule has 2 aromatic rings. The molecule has 0 atom stereocenters. The van der Waals surface area contributed by atoms with Gasteiger partial charge in [0.15, 0.2) is 5.96 Å². The van der Waals surface area contributed by atoms with Crippen molar-refractivity contribution in [3.8, 4) is 0 Å². The normalized spacial score (nSPS) is 14.7. The summed E-state index contributed by atoms with van der Waals surface area (Å²) >= 11 is 0. The van der Waals surface area contributed by atoms with Crippen molar-refractivity contribution in [2.45, 2.75) is 32.9 Å². The minimum atomic E-state index is 0. The number of ether oxygens (including phenoxy) is 1. The first kappa shape index (κ1) is 26.4. The largest absolute Gasteiger partial charge is 0.396 e. The molecule has 0 aromatic heterocycles. The van der Waals surface area contributed by atoms with Crippen LogP contribution in [0.15, 0.2) is 59.6 Å². The summed E-state index contributed by atoms with van der Waals surface area (Å²) in [7, 11) is 0. The summed E-state index contributed by atoms with van der Waals surface area (Å²) in [6.07, 6.45) is 2.13. The Bertz CT molecular complexity index is 778. The van der Waals surface area contributed by atoms with Crippen LogP contribution in [-0.2, 0) is 17.9 Å². The molecular weight excluding hydrogens is 515 g/mol. The van der Waals surface area contributed by atoms with Crippen LogP contribution in [0.5, 0.6) is 0 Å². The van der Waals surface area contributed by atoms with Crippen molar-refractivity contribution >= 4 is 35.6 Å². The van der Waals surface area contributed by atoms with Gasteiger partial charge in [-0.15, -0.1) is 24.0 Å². The quantitative estimate of drug-likeness (QED) is 0.181. The first-order valence-electron chi connectivity index (χ1n) is 11.4. The number of benzene rings is 2. The Morgan fingerprint density at radius 3 is 2.41 bits per heavy atom. The molecular formula is C25H37IN4O2. The van der Waals surface area contributed by atoms with Gasteiger partial charge in [-0.05, 0) is 48.9 Å². The molecule has 0 bridgehead atoms. The highest BCUT2D eigenvalue weighted by Gasteiger charge is 2.18. The lowest BCUT2D eigenvalue weighted by Crippen LogP contribution is -2.39. The van der Waals surface area contributed by atoms with Gasteiger partial charge in [0.25, 0.3) is 0 Å². The smallest absolute Gasteiger partial charge is 0.191 e. The zero-order valence-corrected chi connectivity index (χ0v) is 21.3. The summed E-state index contributed by atoms with van der Waals surface area (Å²) in [6.45, 7) is 7.83. The fourth-order valence-electron chi connectivity index (χ4n) is 3.70. The van der Waals surface area contributed by atoms with Crippen LogP contribution in [0.4, 0.5) is 5.69 Å². The SMILES string of the molecule is CCNC(=NCc1ccc(N2CCC(CO)CC2)cc1)NCCOCc1ccccc1.I. The molecule has 1 fully saturated rings. The number of aliphatic hydroxyl groups is 1. The van der Waals surface area contributed by atoms with E-state index in [2.05, 4.69) is 58.9 Å². The number of hydrogen-bond donors (Lipinski definition) is 3. The third-order valence-electron chi connectivity index (χ3n) is 5.59. The minimum absolute atomic E-state index is 0. The van der Waals surface area contributed by atoms with E-state index in [1.807, 2.05) is 18.2 Å². The number of halogens is 1. The Kier molecular flexibility index (Phi) is 12.4. The number of hydrogen-bond acceptors (Lipinski definition) is 4. The highest BCUT2D eigenvalue weighted by Crippen LogP contribution is 2.23. The van der Waals surface area contributed by atoms with Gasteiger partial charge in [0.2, 0.25) is 0 Å². The van der Waals surface area contributed by atoms with Gasteiger partial charge in [0, 0.05) is 38.5 Å². The van der Waals surface area contributed by atoms with E-state index in [1.54, 1.807) is 0 Å². The van der Waals surface area contributed by atoms with Gasteiger partial charge >= 0.3 is 0 Å². The lowest BCUT2D eigenvalue weighted by molar-refractivity contribution is 0.125. The number of guanidine groups is 1. The lowest BCUT2D eigenvalue weighted by atomic mass is 9.97. The molecule has 0 radical (unpaired) electrons. The van der Waals surface area contributed by atoms with Crippen molar-refractivity contribution in [1.29, 1.82) is 0 Å². The predicted octanol–water partition coefficient (Wildman–Crippen LogP) is 3.79. The maximum Gasteiger partial charge on any atom is 0.191 e. The second-order valence-corrected chi connectivity index (χ2v) is 7.94.